The third-order valence-corrected chi connectivity index (χ3v) is 5.88. The lowest BCUT2D eigenvalue weighted by Crippen LogP contribution is -2.22. The third kappa shape index (κ3) is 4.92. The molecule has 0 unspecified atom stereocenters. The van der Waals surface area contributed by atoms with Gasteiger partial charge in [-0.1, -0.05) is 44.2 Å². The Hall–Kier alpha value is -3.05. The number of benzene rings is 2. The molecule has 1 heterocycles. The number of ketones is 1. The summed E-state index contributed by atoms with van der Waals surface area (Å²) in [6.45, 7) is 9.83. The molecule has 1 amide bonds. The number of nitrogens with zero attached hydrogens (tertiary/aromatic N) is 2. The summed E-state index contributed by atoms with van der Waals surface area (Å²) in [5.74, 6) is 0.251. The molecule has 0 atom stereocenters. The number of allylic oxidation sites excluding steroid dienone is 1. The van der Waals surface area contributed by atoms with E-state index in [9.17, 15) is 9.59 Å². The molecule has 0 saturated carbocycles. The van der Waals surface area contributed by atoms with Crippen molar-refractivity contribution in [2.75, 3.05) is 4.90 Å². The van der Waals surface area contributed by atoms with E-state index in [-0.39, 0.29) is 11.7 Å². The van der Waals surface area contributed by atoms with Crippen LogP contribution in [0.1, 0.15) is 59.4 Å². The van der Waals surface area contributed by atoms with Crippen LogP contribution in [0, 0.1) is 13.8 Å². The Morgan fingerprint density at radius 2 is 1.73 bits per heavy atom. The van der Waals surface area contributed by atoms with Crippen molar-refractivity contribution in [1.82, 2.24) is 4.98 Å². The predicted octanol–water partition coefficient (Wildman–Crippen LogP) is 6.46. The maximum atomic E-state index is 12.5. The van der Waals surface area contributed by atoms with Gasteiger partial charge < -0.3 is 0 Å². The number of anilines is 2. The molecule has 3 rings (SSSR count). The van der Waals surface area contributed by atoms with Crippen LogP contribution < -0.4 is 4.90 Å². The van der Waals surface area contributed by atoms with E-state index in [0.717, 1.165) is 11.3 Å². The molecule has 0 saturated heterocycles. The minimum atomic E-state index is -0.107. The summed E-state index contributed by atoms with van der Waals surface area (Å²) in [6, 6.07) is 13.6. The van der Waals surface area contributed by atoms with Crippen LogP contribution in [0.2, 0.25) is 0 Å². The van der Waals surface area contributed by atoms with Crippen molar-refractivity contribution in [3.8, 4) is 0 Å². The predicted molar refractivity (Wildman–Crippen MR) is 125 cm³/mol. The first-order chi connectivity index (χ1) is 14.3. The van der Waals surface area contributed by atoms with E-state index < -0.39 is 0 Å². The molecule has 0 aliphatic heterocycles. The van der Waals surface area contributed by atoms with Gasteiger partial charge >= 0.3 is 0 Å². The van der Waals surface area contributed by atoms with E-state index in [0.29, 0.717) is 22.3 Å². The molecule has 1 aromatic heterocycles. The van der Waals surface area contributed by atoms with Gasteiger partial charge in [0, 0.05) is 17.9 Å². The van der Waals surface area contributed by atoms with Crippen molar-refractivity contribution >= 4 is 39.9 Å². The number of rotatable bonds is 6. The topological polar surface area (TPSA) is 50.3 Å². The van der Waals surface area contributed by atoms with Gasteiger partial charge in [0.05, 0.1) is 11.4 Å². The lowest BCUT2D eigenvalue weighted by atomic mass is 10.0. The van der Waals surface area contributed by atoms with Gasteiger partial charge in [0.25, 0.3) is 0 Å². The fourth-order valence-corrected chi connectivity index (χ4v) is 3.89. The quantitative estimate of drug-likeness (QED) is 0.341. The number of aromatic nitrogens is 1. The first-order valence-corrected chi connectivity index (χ1v) is 10.8. The Morgan fingerprint density at radius 1 is 1.03 bits per heavy atom. The number of carbonyl (C=O) groups excluding carboxylic acids is 2. The summed E-state index contributed by atoms with van der Waals surface area (Å²) in [5.41, 5.74) is 5.57. The summed E-state index contributed by atoms with van der Waals surface area (Å²) in [5, 5.41) is 2.43. The molecule has 0 fully saturated rings. The molecule has 0 radical (unpaired) electrons. The summed E-state index contributed by atoms with van der Waals surface area (Å²) < 4.78 is 0. The van der Waals surface area contributed by atoms with Crippen LogP contribution in [0.15, 0.2) is 53.9 Å². The summed E-state index contributed by atoms with van der Waals surface area (Å²) >= 11 is 1.37. The number of hydrogen-bond donors (Lipinski definition) is 0. The van der Waals surface area contributed by atoms with Crippen molar-refractivity contribution in [2.24, 2.45) is 0 Å². The summed E-state index contributed by atoms with van der Waals surface area (Å²) in [4.78, 5) is 30.9. The van der Waals surface area contributed by atoms with Crippen molar-refractivity contribution in [3.63, 3.8) is 0 Å². The van der Waals surface area contributed by atoms with E-state index >= 15 is 0 Å². The highest BCUT2D eigenvalue weighted by molar-refractivity contribution is 7.14. The van der Waals surface area contributed by atoms with E-state index in [1.165, 1.54) is 35.5 Å². The smallest absolute Gasteiger partial charge is 0.230 e. The van der Waals surface area contributed by atoms with Gasteiger partial charge in [-0.3, -0.25) is 14.5 Å². The Labute approximate surface area is 181 Å². The van der Waals surface area contributed by atoms with E-state index in [1.54, 1.807) is 11.0 Å². The van der Waals surface area contributed by atoms with E-state index in [4.69, 9.17) is 0 Å². The van der Waals surface area contributed by atoms with Gasteiger partial charge in [0.2, 0.25) is 5.91 Å². The fraction of sp³-hybridized carbons (Fsp3) is 0.240. The molecule has 0 aliphatic carbocycles. The number of thiazole rings is 1. The van der Waals surface area contributed by atoms with Gasteiger partial charge in [-0.2, -0.15) is 0 Å². The molecule has 0 aliphatic rings. The molecular weight excluding hydrogens is 392 g/mol. The van der Waals surface area contributed by atoms with Crippen molar-refractivity contribution in [3.05, 3.63) is 81.9 Å². The molecule has 0 spiro atoms. The van der Waals surface area contributed by atoms with Gasteiger partial charge in [0.15, 0.2) is 10.9 Å². The molecule has 2 aromatic carbocycles. The number of amides is 1. The first-order valence-electron chi connectivity index (χ1n) is 9.92. The Bertz CT molecular complexity index is 1090. The zero-order chi connectivity index (χ0) is 21.8. The van der Waals surface area contributed by atoms with Crippen LogP contribution in [0.4, 0.5) is 10.8 Å². The van der Waals surface area contributed by atoms with Crippen LogP contribution in [0.25, 0.3) is 6.08 Å². The molecule has 154 valence electrons. The highest BCUT2D eigenvalue weighted by Crippen LogP contribution is 2.30. The maximum Gasteiger partial charge on any atom is 0.230 e. The number of carbonyl (C=O) groups is 2. The van der Waals surface area contributed by atoms with Crippen LogP contribution in [0.3, 0.4) is 0 Å². The molecule has 0 bridgehead atoms. The second-order valence-electron chi connectivity index (χ2n) is 7.65. The van der Waals surface area contributed by atoms with Gasteiger partial charge in [-0.25, -0.2) is 4.98 Å². The lowest BCUT2D eigenvalue weighted by Gasteiger charge is -2.19. The lowest BCUT2D eigenvalue weighted by molar-refractivity contribution is -0.115. The van der Waals surface area contributed by atoms with Crippen LogP contribution in [-0.4, -0.2) is 16.7 Å². The maximum absolute atomic E-state index is 12.5. The summed E-state index contributed by atoms with van der Waals surface area (Å²) in [6.07, 6.45) is 3.22. The zero-order valence-electron chi connectivity index (χ0n) is 18.0. The van der Waals surface area contributed by atoms with Crippen LogP contribution in [-0.2, 0) is 4.79 Å². The number of aryl methyl sites for hydroxylation is 2. The molecule has 4 nitrogen and oxygen atoms in total. The monoisotopic (exact) mass is 418 g/mol. The SMILES string of the molecule is CC(=O)N(c1ccc(C)c(C)c1)c1nc(/C=C/C(=O)c2ccc(C(C)C)cc2)cs1. The van der Waals surface area contributed by atoms with Gasteiger partial charge in [-0.05, 0) is 60.7 Å². The first kappa shape index (κ1) is 21.7. The van der Waals surface area contributed by atoms with E-state index in [1.807, 2.05) is 61.7 Å². The highest BCUT2D eigenvalue weighted by atomic mass is 32.1. The summed E-state index contributed by atoms with van der Waals surface area (Å²) in [7, 11) is 0. The average Bonchev–Trinajstić information content (AvgIpc) is 3.17. The fourth-order valence-electron chi connectivity index (χ4n) is 3.04. The highest BCUT2D eigenvalue weighted by Gasteiger charge is 2.18. The van der Waals surface area contributed by atoms with Crippen LogP contribution >= 0.6 is 11.3 Å². The zero-order valence-corrected chi connectivity index (χ0v) is 18.8. The van der Waals surface area contributed by atoms with Crippen molar-refractivity contribution in [1.29, 1.82) is 0 Å². The van der Waals surface area contributed by atoms with Gasteiger partial charge in [0.1, 0.15) is 0 Å². The molecule has 30 heavy (non-hydrogen) atoms. The van der Waals surface area contributed by atoms with Crippen LogP contribution in [0.5, 0.6) is 0 Å². The third-order valence-electron chi connectivity index (χ3n) is 5.03. The van der Waals surface area contributed by atoms with Gasteiger partial charge in [-0.15, -0.1) is 11.3 Å². The number of hydrogen-bond acceptors (Lipinski definition) is 4. The van der Waals surface area contributed by atoms with Crippen molar-refractivity contribution < 1.29 is 9.59 Å². The Morgan fingerprint density at radius 3 is 2.33 bits per heavy atom. The largest absolute Gasteiger partial charge is 0.289 e. The molecule has 3 aromatic rings. The average molecular weight is 419 g/mol. The Kier molecular flexibility index (Phi) is 6.63. The van der Waals surface area contributed by atoms with Crippen molar-refractivity contribution in [2.45, 2.75) is 40.5 Å². The standard InChI is InChI=1S/C25H26N2O2S/c1-16(2)20-7-9-21(10-8-20)24(29)13-11-22-15-30-25(26-22)27(19(5)28)23-12-6-17(3)18(4)14-23/h6-16H,1-5H3/b13-11+. The second kappa shape index (κ2) is 9.18. The van der Waals surface area contributed by atoms with E-state index in [2.05, 4.69) is 18.8 Å². The molecule has 5 heteroatoms. The normalized spacial score (nSPS) is 11.3. The second-order valence-corrected chi connectivity index (χ2v) is 8.49. The molecule has 0 N–H and O–H groups in total. The minimum Gasteiger partial charge on any atom is -0.289 e. The Balaban J connectivity index is 1.79. The molecular formula is C25H26N2O2S. The minimum absolute atomic E-state index is 0.0718.